The summed E-state index contributed by atoms with van der Waals surface area (Å²) in [6, 6.07) is 8.85. The minimum absolute atomic E-state index is 0.922. The molecule has 1 saturated carbocycles. The highest BCUT2D eigenvalue weighted by molar-refractivity contribution is 9.10. The molecule has 3 atom stereocenters. The molecular formula is C19H27BrN2+2. The van der Waals surface area contributed by atoms with Gasteiger partial charge in [0.2, 0.25) is 0 Å². The zero-order valence-electron chi connectivity index (χ0n) is 13.2. The molecule has 3 heteroatoms. The lowest BCUT2D eigenvalue weighted by molar-refractivity contribution is -1.02. The molecule has 2 bridgehead atoms. The summed E-state index contributed by atoms with van der Waals surface area (Å²) in [4.78, 5) is 3.63. The number of hydrogen-bond acceptors (Lipinski definition) is 0. The predicted molar refractivity (Wildman–Crippen MR) is 93.0 cm³/mol. The molecule has 4 rings (SSSR count). The van der Waals surface area contributed by atoms with E-state index < -0.39 is 0 Å². The van der Waals surface area contributed by atoms with Crippen LogP contribution in [0.15, 0.2) is 40.9 Å². The number of benzene rings is 1. The highest BCUT2D eigenvalue weighted by Gasteiger charge is 2.38. The molecule has 2 N–H and O–H groups in total. The zero-order chi connectivity index (χ0) is 14.9. The van der Waals surface area contributed by atoms with Crippen LogP contribution in [-0.2, 0) is 6.54 Å². The number of halogens is 1. The van der Waals surface area contributed by atoms with E-state index in [1.54, 1.807) is 4.90 Å². The van der Waals surface area contributed by atoms with E-state index in [0.29, 0.717) is 0 Å². The molecule has 118 valence electrons. The van der Waals surface area contributed by atoms with Crippen LogP contribution >= 0.6 is 15.9 Å². The van der Waals surface area contributed by atoms with Crippen LogP contribution in [0.5, 0.6) is 0 Å². The van der Waals surface area contributed by atoms with Crippen molar-refractivity contribution in [3.8, 4) is 0 Å². The van der Waals surface area contributed by atoms with E-state index in [1.807, 2.05) is 4.90 Å². The van der Waals surface area contributed by atoms with Gasteiger partial charge in [-0.15, -0.1) is 0 Å². The normalized spacial score (nSPS) is 36.9. The maximum Gasteiger partial charge on any atom is 0.127 e. The van der Waals surface area contributed by atoms with Gasteiger partial charge in [-0.05, 0) is 36.8 Å². The molecule has 0 spiro atoms. The fourth-order valence-electron chi connectivity index (χ4n) is 4.73. The van der Waals surface area contributed by atoms with Crippen LogP contribution in [0.3, 0.4) is 0 Å². The second kappa shape index (κ2) is 6.46. The average Bonchev–Trinajstić information content (AvgIpc) is 3.14. The minimum Gasteiger partial charge on any atom is -0.325 e. The number of piperazine rings is 1. The van der Waals surface area contributed by atoms with Crippen molar-refractivity contribution in [2.75, 3.05) is 32.7 Å². The van der Waals surface area contributed by atoms with Gasteiger partial charge in [-0.2, -0.15) is 0 Å². The molecule has 0 aromatic heterocycles. The number of nitrogens with one attached hydrogen (secondary N) is 2. The Hall–Kier alpha value is -0.640. The van der Waals surface area contributed by atoms with Gasteiger partial charge >= 0.3 is 0 Å². The topological polar surface area (TPSA) is 8.88 Å². The van der Waals surface area contributed by atoms with Gasteiger partial charge in [0.1, 0.15) is 32.7 Å². The molecule has 1 aliphatic heterocycles. The van der Waals surface area contributed by atoms with E-state index in [1.165, 1.54) is 62.1 Å². The van der Waals surface area contributed by atoms with Gasteiger partial charge in [0.05, 0.1) is 6.54 Å². The molecule has 1 saturated heterocycles. The maximum atomic E-state index is 3.52. The van der Waals surface area contributed by atoms with Gasteiger partial charge < -0.3 is 9.80 Å². The first-order valence-corrected chi connectivity index (χ1v) is 9.65. The van der Waals surface area contributed by atoms with Crippen molar-refractivity contribution < 1.29 is 9.80 Å². The Labute approximate surface area is 142 Å². The van der Waals surface area contributed by atoms with Gasteiger partial charge in [-0.3, -0.25) is 0 Å². The minimum atomic E-state index is 0.922. The molecule has 0 unspecified atom stereocenters. The van der Waals surface area contributed by atoms with Crippen LogP contribution in [0, 0.1) is 17.8 Å². The zero-order valence-corrected chi connectivity index (χ0v) is 14.8. The largest absolute Gasteiger partial charge is 0.325 e. The fourth-order valence-corrected chi connectivity index (χ4v) is 4.99. The third kappa shape index (κ3) is 3.32. The molecule has 0 amide bonds. The summed E-state index contributed by atoms with van der Waals surface area (Å²) in [5, 5.41) is 0. The van der Waals surface area contributed by atoms with Gasteiger partial charge in [-0.25, -0.2) is 0 Å². The van der Waals surface area contributed by atoms with Gasteiger partial charge in [0.25, 0.3) is 0 Å². The summed E-state index contributed by atoms with van der Waals surface area (Å²) in [6.07, 6.45) is 7.91. The maximum absolute atomic E-state index is 3.52. The van der Waals surface area contributed by atoms with Crippen molar-refractivity contribution in [1.82, 2.24) is 0 Å². The summed E-state index contributed by atoms with van der Waals surface area (Å²) in [7, 11) is 0. The van der Waals surface area contributed by atoms with Crippen molar-refractivity contribution >= 4 is 15.9 Å². The van der Waals surface area contributed by atoms with Gasteiger partial charge in [-0.1, -0.05) is 40.2 Å². The van der Waals surface area contributed by atoms with Crippen molar-refractivity contribution in [2.24, 2.45) is 17.8 Å². The quantitative estimate of drug-likeness (QED) is 0.737. The third-order valence-corrected chi connectivity index (χ3v) is 6.53. The molecule has 2 fully saturated rings. The fraction of sp³-hybridized carbons (Fsp3) is 0.579. The Balaban J connectivity index is 1.24. The van der Waals surface area contributed by atoms with Crippen molar-refractivity contribution in [3.63, 3.8) is 0 Å². The summed E-state index contributed by atoms with van der Waals surface area (Å²) >= 11 is 3.52. The van der Waals surface area contributed by atoms with Crippen LogP contribution < -0.4 is 9.80 Å². The second-order valence-corrected chi connectivity index (χ2v) is 8.46. The number of fused-ring (bicyclic) bond motifs is 2. The molecule has 1 heterocycles. The molecule has 22 heavy (non-hydrogen) atoms. The van der Waals surface area contributed by atoms with E-state index in [0.717, 1.165) is 17.8 Å². The van der Waals surface area contributed by atoms with Crippen LogP contribution in [-0.4, -0.2) is 32.7 Å². The Morgan fingerprint density at radius 1 is 0.909 bits per heavy atom. The number of hydrogen-bond donors (Lipinski definition) is 2. The first kappa shape index (κ1) is 14.9. The molecule has 2 nitrogen and oxygen atoms in total. The van der Waals surface area contributed by atoms with E-state index in [9.17, 15) is 0 Å². The van der Waals surface area contributed by atoms with Crippen molar-refractivity contribution in [3.05, 3.63) is 46.5 Å². The predicted octanol–water partition coefficient (Wildman–Crippen LogP) is 0.945. The van der Waals surface area contributed by atoms with Gasteiger partial charge in [0.15, 0.2) is 0 Å². The molecule has 0 radical (unpaired) electrons. The first-order valence-electron chi connectivity index (χ1n) is 8.86. The molecule has 1 aromatic rings. The lowest BCUT2D eigenvalue weighted by Crippen LogP contribution is -3.27. The molecule has 2 aliphatic carbocycles. The summed E-state index contributed by atoms with van der Waals surface area (Å²) in [6.45, 7) is 8.02. The van der Waals surface area contributed by atoms with Crippen LogP contribution in [0.25, 0.3) is 0 Å². The van der Waals surface area contributed by atoms with Crippen molar-refractivity contribution in [1.29, 1.82) is 0 Å². The monoisotopic (exact) mass is 362 g/mol. The van der Waals surface area contributed by atoms with E-state index in [-0.39, 0.29) is 0 Å². The number of rotatable bonds is 4. The smallest absolute Gasteiger partial charge is 0.127 e. The SMILES string of the molecule is Brc1ccc(C[NH+]2CC[NH+](C[C@H]3C[C@H]4C=C[C@H]3C4)CC2)cc1. The van der Waals surface area contributed by atoms with Gasteiger partial charge in [0, 0.05) is 16.0 Å². The Morgan fingerprint density at radius 3 is 2.27 bits per heavy atom. The summed E-state index contributed by atoms with van der Waals surface area (Å²) in [5.41, 5.74) is 1.47. The molecular weight excluding hydrogens is 336 g/mol. The summed E-state index contributed by atoms with van der Waals surface area (Å²) in [5.74, 6) is 2.84. The number of allylic oxidation sites excluding steroid dienone is 2. The average molecular weight is 363 g/mol. The molecule has 1 aromatic carbocycles. The molecule has 3 aliphatic rings. The van der Waals surface area contributed by atoms with E-state index in [4.69, 9.17) is 0 Å². The van der Waals surface area contributed by atoms with Crippen molar-refractivity contribution in [2.45, 2.75) is 19.4 Å². The highest BCUT2D eigenvalue weighted by Crippen LogP contribution is 2.42. The first-order chi connectivity index (χ1) is 10.8. The van der Waals surface area contributed by atoms with Crippen LogP contribution in [0.2, 0.25) is 0 Å². The Bertz CT molecular complexity index is 531. The standard InChI is InChI=1S/C19H25BrN2/c20-19-5-2-15(3-6-19)13-21-7-9-22(10-8-21)14-18-12-16-1-4-17(18)11-16/h1-6,16-18H,7-14H2/p+2/t16-,17-,18+/m0/s1. The third-order valence-electron chi connectivity index (χ3n) is 6.00. The lowest BCUT2D eigenvalue weighted by Gasteiger charge is -2.32. The van der Waals surface area contributed by atoms with E-state index in [2.05, 4.69) is 52.3 Å². The summed E-state index contributed by atoms with van der Waals surface area (Å²) < 4.78 is 1.18. The Morgan fingerprint density at radius 2 is 1.64 bits per heavy atom. The second-order valence-electron chi connectivity index (χ2n) is 7.55. The Kier molecular flexibility index (Phi) is 4.38. The lowest BCUT2D eigenvalue weighted by atomic mass is 9.93. The highest BCUT2D eigenvalue weighted by atomic mass is 79.9. The number of quaternary nitrogens is 2. The van der Waals surface area contributed by atoms with E-state index >= 15 is 0 Å². The van der Waals surface area contributed by atoms with Crippen LogP contribution in [0.4, 0.5) is 0 Å². The van der Waals surface area contributed by atoms with Crippen LogP contribution in [0.1, 0.15) is 18.4 Å².